The number of hydrogen-bond donors (Lipinski definition) is 0. The SMILES string of the molecule is Cc1cccc(CN2CC3(CC(Oc4ncccc4F)CCO3)C2)n1. The van der Waals surface area contributed by atoms with Crippen molar-refractivity contribution in [2.24, 2.45) is 0 Å². The molecule has 1 atom stereocenters. The van der Waals surface area contributed by atoms with Crippen molar-refractivity contribution in [1.82, 2.24) is 14.9 Å². The summed E-state index contributed by atoms with van der Waals surface area (Å²) in [6, 6.07) is 9.03. The van der Waals surface area contributed by atoms with E-state index in [1.807, 2.05) is 19.1 Å². The topological polar surface area (TPSA) is 47.5 Å². The largest absolute Gasteiger partial charge is 0.472 e. The summed E-state index contributed by atoms with van der Waals surface area (Å²) in [4.78, 5) is 10.9. The van der Waals surface area contributed by atoms with Crippen molar-refractivity contribution in [2.45, 2.75) is 38.0 Å². The van der Waals surface area contributed by atoms with Gasteiger partial charge in [0.1, 0.15) is 6.10 Å². The highest BCUT2D eigenvalue weighted by atomic mass is 19.1. The maximum atomic E-state index is 13.7. The summed E-state index contributed by atoms with van der Waals surface area (Å²) >= 11 is 0. The second kappa shape index (κ2) is 6.69. The third-order valence-electron chi connectivity index (χ3n) is 4.81. The molecule has 0 aliphatic carbocycles. The van der Waals surface area contributed by atoms with Crippen molar-refractivity contribution in [3.05, 3.63) is 53.7 Å². The van der Waals surface area contributed by atoms with E-state index >= 15 is 0 Å². The van der Waals surface area contributed by atoms with Crippen LogP contribution >= 0.6 is 0 Å². The first kappa shape index (κ1) is 16.4. The third kappa shape index (κ3) is 3.65. The number of pyridine rings is 2. The van der Waals surface area contributed by atoms with Crippen LogP contribution in [0.2, 0.25) is 0 Å². The number of likely N-dealkylation sites (tertiary alicyclic amines) is 1. The van der Waals surface area contributed by atoms with Crippen LogP contribution in [0.4, 0.5) is 4.39 Å². The van der Waals surface area contributed by atoms with Crippen molar-refractivity contribution < 1.29 is 13.9 Å². The minimum absolute atomic E-state index is 0.0580. The molecule has 2 fully saturated rings. The molecule has 0 radical (unpaired) electrons. The van der Waals surface area contributed by atoms with E-state index in [0.717, 1.165) is 43.9 Å². The zero-order valence-electron chi connectivity index (χ0n) is 14.3. The number of halogens is 1. The molecule has 5 nitrogen and oxygen atoms in total. The van der Waals surface area contributed by atoms with Gasteiger partial charge in [0.25, 0.3) is 5.88 Å². The molecule has 1 spiro atoms. The van der Waals surface area contributed by atoms with Gasteiger partial charge in [-0.25, -0.2) is 9.37 Å². The maximum Gasteiger partial charge on any atom is 0.250 e. The fraction of sp³-hybridized carbons (Fsp3) is 0.474. The van der Waals surface area contributed by atoms with Gasteiger partial charge in [0, 0.05) is 44.4 Å². The normalized spacial score (nSPS) is 22.6. The second-order valence-corrected chi connectivity index (χ2v) is 6.97. The molecule has 2 saturated heterocycles. The van der Waals surface area contributed by atoms with Crippen molar-refractivity contribution in [3.8, 4) is 5.88 Å². The van der Waals surface area contributed by atoms with Gasteiger partial charge in [-0.3, -0.25) is 9.88 Å². The highest BCUT2D eigenvalue weighted by molar-refractivity contribution is 5.14. The van der Waals surface area contributed by atoms with Crippen LogP contribution < -0.4 is 4.74 Å². The van der Waals surface area contributed by atoms with Gasteiger partial charge in [-0.05, 0) is 31.2 Å². The average molecular weight is 343 g/mol. The van der Waals surface area contributed by atoms with Crippen LogP contribution in [0, 0.1) is 12.7 Å². The van der Waals surface area contributed by atoms with Gasteiger partial charge in [0.2, 0.25) is 0 Å². The summed E-state index contributed by atoms with van der Waals surface area (Å²) < 4.78 is 25.6. The van der Waals surface area contributed by atoms with E-state index in [-0.39, 0.29) is 17.6 Å². The lowest BCUT2D eigenvalue weighted by Gasteiger charge is -2.53. The van der Waals surface area contributed by atoms with Crippen molar-refractivity contribution in [3.63, 3.8) is 0 Å². The first-order valence-corrected chi connectivity index (χ1v) is 8.68. The smallest absolute Gasteiger partial charge is 0.250 e. The minimum Gasteiger partial charge on any atom is -0.472 e. The standard InChI is InChI=1S/C19H22FN3O2/c1-14-4-2-5-15(22-14)11-23-12-19(13-23)10-16(7-9-24-19)25-18-17(20)6-3-8-21-18/h2-6,8,16H,7,9-13H2,1H3. The molecule has 0 bridgehead atoms. The van der Waals surface area contributed by atoms with Crippen molar-refractivity contribution in [2.75, 3.05) is 19.7 Å². The van der Waals surface area contributed by atoms with Crippen LogP contribution in [0.5, 0.6) is 5.88 Å². The quantitative estimate of drug-likeness (QED) is 0.854. The van der Waals surface area contributed by atoms with Gasteiger partial charge in [-0.15, -0.1) is 0 Å². The first-order valence-electron chi connectivity index (χ1n) is 8.68. The molecule has 4 heterocycles. The van der Waals surface area contributed by atoms with E-state index in [9.17, 15) is 4.39 Å². The highest BCUT2D eigenvalue weighted by Gasteiger charge is 2.48. The molecule has 0 saturated carbocycles. The molecule has 132 valence electrons. The van der Waals surface area contributed by atoms with Crippen molar-refractivity contribution in [1.29, 1.82) is 0 Å². The highest BCUT2D eigenvalue weighted by Crippen LogP contribution is 2.36. The van der Waals surface area contributed by atoms with Crippen LogP contribution in [0.3, 0.4) is 0 Å². The van der Waals surface area contributed by atoms with Crippen LogP contribution in [-0.2, 0) is 11.3 Å². The fourth-order valence-corrected chi connectivity index (χ4v) is 3.72. The van der Waals surface area contributed by atoms with Crippen LogP contribution in [0.15, 0.2) is 36.5 Å². The Labute approximate surface area is 146 Å². The molecule has 4 rings (SSSR count). The summed E-state index contributed by atoms with van der Waals surface area (Å²) in [5.74, 6) is -0.325. The number of rotatable bonds is 4. The van der Waals surface area contributed by atoms with Crippen LogP contribution in [-0.4, -0.2) is 46.3 Å². The number of ether oxygens (including phenoxy) is 2. The number of aryl methyl sites for hydroxylation is 1. The van der Waals surface area contributed by atoms with Gasteiger partial charge in [0.05, 0.1) is 17.9 Å². The van der Waals surface area contributed by atoms with E-state index in [0.29, 0.717) is 6.61 Å². The Kier molecular flexibility index (Phi) is 4.39. The molecule has 6 heteroatoms. The van der Waals surface area contributed by atoms with Gasteiger partial charge in [0.15, 0.2) is 5.82 Å². The Bertz CT molecular complexity index is 749. The second-order valence-electron chi connectivity index (χ2n) is 6.97. The summed E-state index contributed by atoms with van der Waals surface area (Å²) in [5, 5.41) is 0. The average Bonchev–Trinajstić information content (AvgIpc) is 2.56. The predicted octanol–water partition coefficient (Wildman–Crippen LogP) is 2.74. The van der Waals surface area contributed by atoms with Crippen LogP contribution in [0.25, 0.3) is 0 Å². The van der Waals surface area contributed by atoms with E-state index in [4.69, 9.17) is 9.47 Å². The summed E-state index contributed by atoms with van der Waals surface area (Å²) in [6.45, 7) is 5.17. The lowest BCUT2D eigenvalue weighted by molar-refractivity contribution is -0.188. The molecule has 0 aromatic carbocycles. The maximum absolute atomic E-state index is 13.7. The van der Waals surface area contributed by atoms with E-state index in [2.05, 4.69) is 20.9 Å². The molecule has 2 aromatic rings. The van der Waals surface area contributed by atoms with E-state index < -0.39 is 5.82 Å². The minimum atomic E-state index is -0.413. The lowest BCUT2D eigenvalue weighted by Crippen LogP contribution is -2.65. The van der Waals surface area contributed by atoms with Gasteiger partial charge in [-0.1, -0.05) is 6.07 Å². The van der Waals surface area contributed by atoms with Gasteiger partial charge in [-0.2, -0.15) is 0 Å². The number of nitrogens with zero attached hydrogens (tertiary/aromatic N) is 3. The zero-order valence-corrected chi connectivity index (χ0v) is 14.3. The Morgan fingerprint density at radius 2 is 2.20 bits per heavy atom. The number of aromatic nitrogens is 2. The van der Waals surface area contributed by atoms with Gasteiger partial charge < -0.3 is 9.47 Å². The molecule has 2 aliphatic rings. The zero-order chi connectivity index (χ0) is 17.3. The third-order valence-corrected chi connectivity index (χ3v) is 4.81. The summed E-state index contributed by atoms with van der Waals surface area (Å²) in [6.07, 6.45) is 3.02. The van der Waals surface area contributed by atoms with Gasteiger partial charge >= 0.3 is 0 Å². The van der Waals surface area contributed by atoms with Crippen LogP contribution in [0.1, 0.15) is 24.2 Å². The molecule has 25 heavy (non-hydrogen) atoms. The van der Waals surface area contributed by atoms with Crippen molar-refractivity contribution >= 4 is 0 Å². The summed E-state index contributed by atoms with van der Waals surface area (Å²) in [7, 11) is 0. The fourth-order valence-electron chi connectivity index (χ4n) is 3.72. The van der Waals surface area contributed by atoms with E-state index in [1.165, 1.54) is 6.07 Å². The Morgan fingerprint density at radius 1 is 1.32 bits per heavy atom. The lowest BCUT2D eigenvalue weighted by atomic mass is 9.84. The molecule has 2 aromatic heterocycles. The Morgan fingerprint density at radius 3 is 3.00 bits per heavy atom. The van der Waals surface area contributed by atoms with E-state index in [1.54, 1.807) is 12.3 Å². The Hall–Kier alpha value is -2.05. The molecule has 1 unspecified atom stereocenters. The molecule has 2 aliphatic heterocycles. The monoisotopic (exact) mass is 343 g/mol. The molecule has 0 amide bonds. The first-order chi connectivity index (χ1) is 12.1. The molecule has 0 N–H and O–H groups in total. The summed E-state index contributed by atoms with van der Waals surface area (Å²) in [5.41, 5.74) is 1.93. The molecular weight excluding hydrogens is 321 g/mol. The molecular formula is C19H22FN3O2. The number of hydrogen-bond acceptors (Lipinski definition) is 5. The predicted molar refractivity (Wildman–Crippen MR) is 90.8 cm³/mol. The Balaban J connectivity index is 1.34.